The first-order valence-electron chi connectivity index (χ1n) is 8.97. The zero-order valence-electron chi connectivity index (χ0n) is 15.0. The Morgan fingerprint density at radius 2 is 1.96 bits per heavy atom. The highest BCUT2D eigenvalue weighted by Crippen LogP contribution is 2.24. The molecule has 0 bridgehead atoms. The maximum absolute atomic E-state index is 12.5. The van der Waals surface area contributed by atoms with Gasteiger partial charge in [-0.25, -0.2) is 0 Å². The summed E-state index contributed by atoms with van der Waals surface area (Å²) >= 11 is 3.46. The van der Waals surface area contributed by atoms with Crippen molar-refractivity contribution in [3.05, 3.63) is 34.3 Å². The molecule has 1 heterocycles. The molecule has 5 heteroatoms. The summed E-state index contributed by atoms with van der Waals surface area (Å²) in [5.74, 6) is -0.334. The zero-order chi connectivity index (χ0) is 17.5. The number of likely N-dealkylation sites (N-methyl/N-ethyl adjacent to an activating group) is 1. The molecule has 4 nitrogen and oxygen atoms in total. The third kappa shape index (κ3) is 5.04. The Balaban J connectivity index is 2.06. The van der Waals surface area contributed by atoms with Crippen LogP contribution in [-0.2, 0) is 9.53 Å². The first kappa shape index (κ1) is 19.4. The average Bonchev–Trinajstić information content (AvgIpc) is 3.03. The van der Waals surface area contributed by atoms with E-state index in [1.165, 1.54) is 6.42 Å². The standard InChI is InChI=1S/C19H29BrN2O2/c1-4-22(5-2)17-11-12-21(13-17)14-18(19(23)24-6-3)15-7-9-16(20)10-8-15/h7-10,17-18H,4-6,11-14H2,1-3H3. The van der Waals surface area contributed by atoms with Gasteiger partial charge < -0.3 is 9.64 Å². The van der Waals surface area contributed by atoms with Gasteiger partial charge in [0.15, 0.2) is 0 Å². The number of likely N-dealkylation sites (tertiary alicyclic amines) is 1. The maximum Gasteiger partial charge on any atom is 0.314 e. The molecule has 1 aromatic carbocycles. The fourth-order valence-corrected chi connectivity index (χ4v) is 3.79. The van der Waals surface area contributed by atoms with Gasteiger partial charge in [-0.1, -0.05) is 41.9 Å². The quantitative estimate of drug-likeness (QED) is 0.629. The topological polar surface area (TPSA) is 32.8 Å². The van der Waals surface area contributed by atoms with Crippen molar-refractivity contribution in [2.45, 2.75) is 39.2 Å². The predicted octanol–water partition coefficient (Wildman–Crippen LogP) is 3.51. The van der Waals surface area contributed by atoms with E-state index >= 15 is 0 Å². The Labute approximate surface area is 154 Å². The second-order valence-corrected chi connectivity index (χ2v) is 7.20. The van der Waals surface area contributed by atoms with Gasteiger partial charge in [0.05, 0.1) is 12.5 Å². The number of carbonyl (C=O) groups excluding carboxylic acids is 1. The molecular formula is C19H29BrN2O2. The Morgan fingerprint density at radius 1 is 1.29 bits per heavy atom. The summed E-state index contributed by atoms with van der Waals surface area (Å²) in [4.78, 5) is 17.4. The molecule has 0 spiro atoms. The minimum absolute atomic E-state index is 0.119. The van der Waals surface area contributed by atoms with Crippen molar-refractivity contribution < 1.29 is 9.53 Å². The minimum atomic E-state index is -0.214. The highest BCUT2D eigenvalue weighted by atomic mass is 79.9. The first-order chi connectivity index (χ1) is 11.6. The zero-order valence-corrected chi connectivity index (χ0v) is 16.6. The van der Waals surface area contributed by atoms with Crippen molar-refractivity contribution in [3.63, 3.8) is 0 Å². The van der Waals surface area contributed by atoms with Gasteiger partial charge in [-0.05, 0) is 50.7 Å². The number of esters is 1. The fourth-order valence-electron chi connectivity index (χ4n) is 3.53. The molecule has 0 amide bonds. The van der Waals surface area contributed by atoms with Crippen LogP contribution in [-0.4, -0.2) is 61.1 Å². The Hall–Kier alpha value is -0.910. The minimum Gasteiger partial charge on any atom is -0.465 e. The first-order valence-corrected chi connectivity index (χ1v) is 9.76. The molecule has 0 saturated carbocycles. The second-order valence-electron chi connectivity index (χ2n) is 6.28. The largest absolute Gasteiger partial charge is 0.465 e. The van der Waals surface area contributed by atoms with E-state index < -0.39 is 0 Å². The summed E-state index contributed by atoms with van der Waals surface area (Å²) in [6.07, 6.45) is 1.18. The number of halogens is 1. The van der Waals surface area contributed by atoms with Crippen LogP contribution in [0.1, 0.15) is 38.7 Å². The van der Waals surface area contributed by atoms with E-state index in [-0.39, 0.29) is 11.9 Å². The van der Waals surface area contributed by atoms with Crippen molar-refractivity contribution in [3.8, 4) is 0 Å². The van der Waals surface area contributed by atoms with Crippen LogP contribution in [0.2, 0.25) is 0 Å². The molecule has 0 N–H and O–H groups in total. The molecule has 1 aromatic rings. The van der Waals surface area contributed by atoms with Crippen molar-refractivity contribution in [2.75, 3.05) is 39.3 Å². The lowest BCUT2D eigenvalue weighted by molar-refractivity contribution is -0.145. The summed E-state index contributed by atoms with van der Waals surface area (Å²) in [6.45, 7) is 11.7. The molecule has 2 unspecified atom stereocenters. The number of carbonyl (C=O) groups is 1. The van der Waals surface area contributed by atoms with Crippen molar-refractivity contribution >= 4 is 21.9 Å². The molecule has 0 radical (unpaired) electrons. The van der Waals surface area contributed by atoms with E-state index in [2.05, 4.69) is 39.6 Å². The van der Waals surface area contributed by atoms with Crippen LogP contribution >= 0.6 is 15.9 Å². The summed E-state index contributed by atoms with van der Waals surface area (Å²) in [7, 11) is 0. The summed E-state index contributed by atoms with van der Waals surface area (Å²) < 4.78 is 6.35. The van der Waals surface area contributed by atoms with Crippen molar-refractivity contribution in [1.82, 2.24) is 9.80 Å². The van der Waals surface area contributed by atoms with Crippen LogP contribution in [0, 0.1) is 0 Å². The number of benzene rings is 1. The van der Waals surface area contributed by atoms with E-state index in [0.29, 0.717) is 12.6 Å². The number of nitrogens with zero attached hydrogens (tertiary/aromatic N) is 2. The molecule has 0 aliphatic carbocycles. The van der Waals surface area contributed by atoms with Gasteiger partial charge in [0.25, 0.3) is 0 Å². The SMILES string of the molecule is CCOC(=O)C(CN1CCC(N(CC)CC)C1)c1ccc(Br)cc1. The number of hydrogen-bond acceptors (Lipinski definition) is 4. The Morgan fingerprint density at radius 3 is 2.54 bits per heavy atom. The van der Waals surface area contributed by atoms with Crippen LogP contribution in [0.15, 0.2) is 28.7 Å². The van der Waals surface area contributed by atoms with Gasteiger partial charge in [0.2, 0.25) is 0 Å². The van der Waals surface area contributed by atoms with Crippen LogP contribution in [0.25, 0.3) is 0 Å². The lowest BCUT2D eigenvalue weighted by Crippen LogP contribution is -2.38. The fraction of sp³-hybridized carbons (Fsp3) is 0.632. The van der Waals surface area contributed by atoms with Gasteiger partial charge in [-0.3, -0.25) is 9.69 Å². The molecule has 1 fully saturated rings. The molecule has 134 valence electrons. The maximum atomic E-state index is 12.5. The van der Waals surface area contributed by atoms with Gasteiger partial charge in [0.1, 0.15) is 0 Å². The monoisotopic (exact) mass is 396 g/mol. The lowest BCUT2D eigenvalue weighted by atomic mass is 9.98. The Kier molecular flexibility index (Phi) is 7.72. The average molecular weight is 397 g/mol. The molecule has 0 aromatic heterocycles. The number of hydrogen-bond donors (Lipinski definition) is 0. The van der Waals surface area contributed by atoms with E-state index in [4.69, 9.17) is 4.74 Å². The van der Waals surface area contributed by atoms with E-state index in [0.717, 1.165) is 42.8 Å². The number of ether oxygens (including phenoxy) is 1. The Bertz CT molecular complexity index is 517. The van der Waals surface area contributed by atoms with Crippen LogP contribution in [0.3, 0.4) is 0 Å². The number of rotatable bonds is 8. The lowest BCUT2D eigenvalue weighted by Gasteiger charge is -2.27. The van der Waals surface area contributed by atoms with E-state index in [9.17, 15) is 4.79 Å². The highest BCUT2D eigenvalue weighted by Gasteiger charge is 2.31. The van der Waals surface area contributed by atoms with E-state index in [1.54, 1.807) is 0 Å². The van der Waals surface area contributed by atoms with Gasteiger partial charge >= 0.3 is 5.97 Å². The van der Waals surface area contributed by atoms with Crippen molar-refractivity contribution in [2.24, 2.45) is 0 Å². The molecule has 24 heavy (non-hydrogen) atoms. The molecule has 2 atom stereocenters. The summed E-state index contributed by atoms with van der Waals surface area (Å²) in [5.41, 5.74) is 1.03. The summed E-state index contributed by atoms with van der Waals surface area (Å²) in [5, 5.41) is 0. The normalized spacial score (nSPS) is 19.6. The summed E-state index contributed by atoms with van der Waals surface area (Å²) in [6, 6.07) is 8.62. The molecule has 2 rings (SSSR count). The smallest absolute Gasteiger partial charge is 0.314 e. The van der Waals surface area contributed by atoms with Gasteiger partial charge in [0, 0.05) is 23.6 Å². The highest BCUT2D eigenvalue weighted by molar-refractivity contribution is 9.10. The molecular weight excluding hydrogens is 368 g/mol. The van der Waals surface area contributed by atoms with Crippen LogP contribution in [0.4, 0.5) is 0 Å². The van der Waals surface area contributed by atoms with Crippen molar-refractivity contribution in [1.29, 1.82) is 0 Å². The molecule has 1 aliphatic rings. The molecule has 1 saturated heterocycles. The predicted molar refractivity (Wildman–Crippen MR) is 101 cm³/mol. The van der Waals surface area contributed by atoms with Gasteiger partial charge in [-0.2, -0.15) is 0 Å². The van der Waals surface area contributed by atoms with Gasteiger partial charge in [-0.15, -0.1) is 0 Å². The third-order valence-electron chi connectivity index (χ3n) is 4.86. The van der Waals surface area contributed by atoms with Crippen LogP contribution < -0.4 is 0 Å². The second kappa shape index (κ2) is 9.54. The van der Waals surface area contributed by atoms with E-state index in [1.807, 2.05) is 31.2 Å². The third-order valence-corrected chi connectivity index (χ3v) is 5.39. The molecule has 1 aliphatic heterocycles. The van der Waals surface area contributed by atoms with Crippen LogP contribution in [0.5, 0.6) is 0 Å².